The second-order valence-electron chi connectivity index (χ2n) is 7.56. The summed E-state index contributed by atoms with van der Waals surface area (Å²) in [5.41, 5.74) is 1.07. The van der Waals surface area contributed by atoms with Gasteiger partial charge in [0.1, 0.15) is 11.5 Å². The third-order valence-electron chi connectivity index (χ3n) is 5.26. The van der Waals surface area contributed by atoms with Crippen molar-refractivity contribution in [2.24, 2.45) is 11.8 Å². The summed E-state index contributed by atoms with van der Waals surface area (Å²) in [4.78, 5) is 0. The van der Waals surface area contributed by atoms with Gasteiger partial charge >= 0.3 is 0 Å². The van der Waals surface area contributed by atoms with Crippen molar-refractivity contribution in [3.8, 4) is 11.5 Å². The molecule has 0 aromatic heterocycles. The van der Waals surface area contributed by atoms with Crippen molar-refractivity contribution in [1.29, 1.82) is 0 Å². The molecule has 0 bridgehead atoms. The molecule has 0 spiro atoms. The molecule has 5 nitrogen and oxygen atoms in total. The first-order chi connectivity index (χ1) is 14.0. The van der Waals surface area contributed by atoms with Gasteiger partial charge in [-0.25, -0.2) is 0 Å². The number of hydrogen-bond acceptors (Lipinski definition) is 5. The van der Waals surface area contributed by atoms with Crippen LogP contribution in [0.3, 0.4) is 0 Å². The van der Waals surface area contributed by atoms with E-state index < -0.39 is 12.2 Å². The molecule has 0 aliphatic heterocycles. The smallest absolute Gasteiger partial charge is 0.119 e. The maximum absolute atomic E-state index is 10.6. The zero-order valence-corrected chi connectivity index (χ0v) is 17.7. The Kier molecular flexibility index (Phi) is 9.98. The van der Waals surface area contributed by atoms with E-state index in [1.165, 1.54) is 0 Å². The van der Waals surface area contributed by atoms with Gasteiger partial charge in [0.05, 0.1) is 39.1 Å². The van der Waals surface area contributed by atoms with Crippen molar-refractivity contribution in [2.75, 3.05) is 20.3 Å². The molecule has 0 aliphatic carbocycles. The van der Waals surface area contributed by atoms with E-state index in [0.717, 1.165) is 29.9 Å². The standard InChI is InChI=1S/C24H34O5/c1-18(8-7-15-29-22-13-11-21(27-3)12-14-22)24(26)19(2)23(25)17-28-16-20-9-5-4-6-10-20/h4-6,9-14,18-19,23-26H,7-8,15-17H2,1-3H3/t18-,19+,23-,24-/m0/s1. The number of aliphatic hydroxyl groups is 2. The minimum absolute atomic E-state index is 0.0632. The van der Waals surface area contributed by atoms with Crippen molar-refractivity contribution in [2.45, 2.75) is 45.5 Å². The number of methoxy groups -OCH3 is 1. The zero-order valence-electron chi connectivity index (χ0n) is 17.7. The Balaban J connectivity index is 1.64. The topological polar surface area (TPSA) is 68.2 Å². The number of aliphatic hydroxyl groups excluding tert-OH is 2. The van der Waals surface area contributed by atoms with Gasteiger partial charge < -0.3 is 24.4 Å². The van der Waals surface area contributed by atoms with Gasteiger partial charge in [0.15, 0.2) is 0 Å². The minimum atomic E-state index is -0.702. The number of ether oxygens (including phenoxy) is 3. The monoisotopic (exact) mass is 402 g/mol. The van der Waals surface area contributed by atoms with E-state index >= 15 is 0 Å². The maximum atomic E-state index is 10.6. The van der Waals surface area contributed by atoms with Gasteiger partial charge in [-0.15, -0.1) is 0 Å². The molecule has 160 valence electrons. The van der Waals surface area contributed by atoms with Crippen LogP contribution in [-0.4, -0.2) is 42.7 Å². The molecule has 0 saturated heterocycles. The third-order valence-corrected chi connectivity index (χ3v) is 5.26. The molecule has 0 fully saturated rings. The fourth-order valence-electron chi connectivity index (χ4n) is 3.21. The van der Waals surface area contributed by atoms with Crippen LogP contribution in [0.15, 0.2) is 54.6 Å². The average Bonchev–Trinajstić information content (AvgIpc) is 2.76. The predicted molar refractivity (Wildman–Crippen MR) is 114 cm³/mol. The summed E-state index contributed by atoms with van der Waals surface area (Å²) in [6.45, 7) is 5.12. The summed E-state index contributed by atoms with van der Waals surface area (Å²) in [7, 11) is 1.63. The summed E-state index contributed by atoms with van der Waals surface area (Å²) < 4.78 is 16.5. The van der Waals surface area contributed by atoms with Gasteiger partial charge in [0.25, 0.3) is 0 Å². The van der Waals surface area contributed by atoms with Gasteiger partial charge in [-0.1, -0.05) is 44.2 Å². The molecule has 0 unspecified atom stereocenters. The Bertz CT molecular complexity index is 673. The number of rotatable bonds is 13. The van der Waals surface area contributed by atoms with Crippen LogP contribution in [0.4, 0.5) is 0 Å². The zero-order chi connectivity index (χ0) is 21.1. The van der Waals surface area contributed by atoms with Gasteiger partial charge in [0, 0.05) is 5.92 Å². The van der Waals surface area contributed by atoms with Gasteiger partial charge in [-0.05, 0) is 48.6 Å². The lowest BCUT2D eigenvalue weighted by Crippen LogP contribution is -2.36. The lowest BCUT2D eigenvalue weighted by molar-refractivity contribution is -0.0509. The minimum Gasteiger partial charge on any atom is -0.497 e. The summed E-state index contributed by atoms with van der Waals surface area (Å²) in [6.07, 6.45) is 0.356. The number of hydrogen-bond donors (Lipinski definition) is 2. The fourth-order valence-corrected chi connectivity index (χ4v) is 3.21. The molecule has 2 aromatic carbocycles. The highest BCUT2D eigenvalue weighted by Gasteiger charge is 2.27. The Labute approximate surface area is 174 Å². The molecule has 4 atom stereocenters. The summed E-state index contributed by atoms with van der Waals surface area (Å²) in [5, 5.41) is 20.9. The van der Waals surface area contributed by atoms with Crippen LogP contribution in [0.5, 0.6) is 11.5 Å². The molecular formula is C24H34O5. The Hall–Kier alpha value is -2.08. The number of benzene rings is 2. The fraction of sp³-hybridized carbons (Fsp3) is 0.500. The van der Waals surface area contributed by atoms with E-state index in [4.69, 9.17) is 14.2 Å². The lowest BCUT2D eigenvalue weighted by Gasteiger charge is -2.28. The average molecular weight is 403 g/mol. The van der Waals surface area contributed by atoms with Crippen molar-refractivity contribution >= 4 is 0 Å². The quantitative estimate of drug-likeness (QED) is 0.495. The highest BCUT2D eigenvalue weighted by molar-refractivity contribution is 5.31. The van der Waals surface area contributed by atoms with Crippen LogP contribution in [0, 0.1) is 11.8 Å². The van der Waals surface area contributed by atoms with E-state index in [-0.39, 0.29) is 18.4 Å². The van der Waals surface area contributed by atoms with E-state index in [9.17, 15) is 10.2 Å². The molecule has 0 radical (unpaired) electrons. The summed E-state index contributed by atoms with van der Waals surface area (Å²) >= 11 is 0. The Morgan fingerprint density at radius 1 is 0.897 bits per heavy atom. The normalized spacial score (nSPS) is 15.3. The van der Waals surface area contributed by atoms with E-state index in [1.54, 1.807) is 7.11 Å². The van der Waals surface area contributed by atoms with E-state index in [1.807, 2.05) is 68.4 Å². The van der Waals surface area contributed by atoms with Crippen molar-refractivity contribution in [3.63, 3.8) is 0 Å². The molecule has 2 N–H and O–H groups in total. The molecule has 2 rings (SSSR count). The van der Waals surface area contributed by atoms with Gasteiger partial charge in [-0.3, -0.25) is 0 Å². The van der Waals surface area contributed by atoms with Gasteiger partial charge in [0.2, 0.25) is 0 Å². The molecule has 5 heteroatoms. The second kappa shape index (κ2) is 12.5. The van der Waals surface area contributed by atoms with Crippen LogP contribution >= 0.6 is 0 Å². The molecule has 2 aromatic rings. The van der Waals surface area contributed by atoms with E-state index in [2.05, 4.69) is 0 Å². The first-order valence-electron chi connectivity index (χ1n) is 10.3. The van der Waals surface area contributed by atoms with Crippen LogP contribution in [0.1, 0.15) is 32.3 Å². The Morgan fingerprint density at radius 3 is 2.21 bits per heavy atom. The van der Waals surface area contributed by atoms with Crippen LogP contribution in [0.25, 0.3) is 0 Å². The molecule has 0 saturated carbocycles. The second-order valence-corrected chi connectivity index (χ2v) is 7.56. The van der Waals surface area contributed by atoms with Gasteiger partial charge in [-0.2, -0.15) is 0 Å². The third kappa shape index (κ3) is 8.05. The van der Waals surface area contributed by atoms with E-state index in [0.29, 0.717) is 13.2 Å². The first-order valence-corrected chi connectivity index (χ1v) is 10.3. The van der Waals surface area contributed by atoms with Crippen LogP contribution in [-0.2, 0) is 11.3 Å². The predicted octanol–water partition coefficient (Wildman–Crippen LogP) is 4.07. The van der Waals surface area contributed by atoms with Crippen molar-refractivity contribution in [1.82, 2.24) is 0 Å². The first kappa shape index (κ1) is 23.2. The lowest BCUT2D eigenvalue weighted by atomic mass is 9.87. The maximum Gasteiger partial charge on any atom is 0.119 e. The summed E-state index contributed by atoms with van der Waals surface area (Å²) in [6, 6.07) is 17.3. The molecule has 0 heterocycles. The summed E-state index contributed by atoms with van der Waals surface area (Å²) in [5.74, 6) is 1.41. The highest BCUT2D eigenvalue weighted by Crippen LogP contribution is 2.22. The molecular weight excluding hydrogens is 368 g/mol. The van der Waals surface area contributed by atoms with Crippen LogP contribution < -0.4 is 9.47 Å². The molecule has 29 heavy (non-hydrogen) atoms. The molecule has 0 aliphatic rings. The Morgan fingerprint density at radius 2 is 1.55 bits per heavy atom. The van der Waals surface area contributed by atoms with Crippen LogP contribution in [0.2, 0.25) is 0 Å². The highest BCUT2D eigenvalue weighted by atomic mass is 16.5. The molecule has 0 amide bonds. The SMILES string of the molecule is COc1ccc(OCCC[C@H](C)[C@H](O)[C@H](C)[C@@H](O)COCc2ccccc2)cc1. The largest absolute Gasteiger partial charge is 0.497 e. The van der Waals surface area contributed by atoms with Crippen molar-refractivity contribution in [3.05, 3.63) is 60.2 Å². The van der Waals surface area contributed by atoms with Crippen molar-refractivity contribution < 1.29 is 24.4 Å².